The quantitative estimate of drug-likeness (QED) is 0.596. The van der Waals surface area contributed by atoms with Gasteiger partial charge in [0.15, 0.2) is 5.78 Å². The predicted octanol–water partition coefficient (Wildman–Crippen LogP) is 1.04. The number of Topliss-reactive ketones (excluding diaryl/α,β-unsaturated/α-hetero) is 1. The predicted molar refractivity (Wildman–Crippen MR) is 52.4 cm³/mol. The number of amides is 1. The van der Waals surface area contributed by atoms with Crippen molar-refractivity contribution in [3.63, 3.8) is 0 Å². The van der Waals surface area contributed by atoms with Gasteiger partial charge in [0.25, 0.3) is 0 Å². The molecule has 0 aliphatic heterocycles. The first kappa shape index (κ1) is 11.7. The van der Waals surface area contributed by atoms with E-state index in [1.165, 1.54) is 12.4 Å². The molecule has 0 heterocycles. The van der Waals surface area contributed by atoms with E-state index in [0.717, 1.165) is 0 Å². The highest BCUT2D eigenvalue weighted by molar-refractivity contribution is 6.27. The Kier molecular flexibility index (Phi) is 6.59. The number of hydrogen-bond acceptors (Lipinski definition) is 3. The molecule has 0 aromatic rings. The first-order valence-corrected chi connectivity index (χ1v) is 4.28. The molecule has 0 saturated heterocycles. The van der Waals surface area contributed by atoms with E-state index < -0.39 is 0 Å². The summed E-state index contributed by atoms with van der Waals surface area (Å²) in [6, 6.07) is 0. The SMILES string of the molecule is CCC(=O)C=NCC=NC(=O)CC. The summed E-state index contributed by atoms with van der Waals surface area (Å²) in [6.07, 6.45) is 3.52. The molecule has 0 radical (unpaired) electrons. The van der Waals surface area contributed by atoms with Crippen LogP contribution in [-0.2, 0) is 9.59 Å². The summed E-state index contributed by atoms with van der Waals surface area (Å²) < 4.78 is 0. The molecule has 0 rings (SSSR count). The summed E-state index contributed by atoms with van der Waals surface area (Å²) in [5.41, 5.74) is 0. The number of nitrogens with zero attached hydrogens (tertiary/aromatic N) is 2. The Morgan fingerprint density at radius 2 is 1.92 bits per heavy atom. The standard InChI is InChI=1S/C9H14N2O2/c1-3-8(12)7-10-5-6-11-9(13)4-2/h6-7H,3-5H2,1-2H3. The third kappa shape index (κ3) is 7.05. The van der Waals surface area contributed by atoms with Crippen LogP contribution < -0.4 is 0 Å². The van der Waals surface area contributed by atoms with Gasteiger partial charge in [-0.15, -0.1) is 0 Å². The second kappa shape index (κ2) is 7.34. The minimum atomic E-state index is -0.169. The monoisotopic (exact) mass is 182 g/mol. The van der Waals surface area contributed by atoms with Crippen LogP contribution in [0.2, 0.25) is 0 Å². The van der Waals surface area contributed by atoms with Crippen LogP contribution in [0, 0.1) is 0 Å². The van der Waals surface area contributed by atoms with E-state index in [2.05, 4.69) is 9.98 Å². The lowest BCUT2D eigenvalue weighted by Gasteiger charge is -1.85. The molecule has 13 heavy (non-hydrogen) atoms. The van der Waals surface area contributed by atoms with Crippen LogP contribution in [0.15, 0.2) is 9.98 Å². The van der Waals surface area contributed by atoms with Crippen molar-refractivity contribution in [3.8, 4) is 0 Å². The Morgan fingerprint density at radius 3 is 2.46 bits per heavy atom. The van der Waals surface area contributed by atoms with Crippen LogP contribution >= 0.6 is 0 Å². The van der Waals surface area contributed by atoms with Gasteiger partial charge in [-0.2, -0.15) is 0 Å². The zero-order chi connectivity index (χ0) is 10.1. The number of carbonyl (C=O) groups is 2. The van der Waals surface area contributed by atoms with Gasteiger partial charge in [-0.3, -0.25) is 14.6 Å². The van der Waals surface area contributed by atoms with E-state index in [1.54, 1.807) is 13.8 Å². The van der Waals surface area contributed by atoms with Gasteiger partial charge in [-0.05, 0) is 0 Å². The van der Waals surface area contributed by atoms with Gasteiger partial charge in [-0.25, -0.2) is 4.99 Å². The number of rotatable bonds is 5. The molecule has 72 valence electrons. The minimum Gasteiger partial charge on any atom is -0.293 e. The molecular formula is C9H14N2O2. The lowest BCUT2D eigenvalue weighted by atomic mass is 10.3. The average Bonchev–Trinajstić information content (AvgIpc) is 2.16. The second-order valence-corrected chi connectivity index (χ2v) is 2.37. The molecule has 0 fully saturated rings. The van der Waals surface area contributed by atoms with Crippen molar-refractivity contribution in [2.45, 2.75) is 26.7 Å². The molecule has 0 unspecified atom stereocenters. The lowest BCUT2D eigenvalue weighted by Crippen LogP contribution is -1.97. The Bertz CT molecular complexity index is 208. The molecule has 0 aliphatic rings. The van der Waals surface area contributed by atoms with E-state index in [1.807, 2.05) is 0 Å². The van der Waals surface area contributed by atoms with E-state index in [-0.39, 0.29) is 18.2 Å². The van der Waals surface area contributed by atoms with Crippen LogP contribution in [0.4, 0.5) is 0 Å². The largest absolute Gasteiger partial charge is 0.293 e. The molecule has 4 heteroatoms. The Hall–Kier alpha value is -1.32. The zero-order valence-corrected chi connectivity index (χ0v) is 7.99. The lowest BCUT2D eigenvalue weighted by molar-refractivity contribution is -0.117. The highest BCUT2D eigenvalue weighted by Gasteiger charge is 1.90. The average molecular weight is 182 g/mol. The van der Waals surface area contributed by atoms with Crippen LogP contribution in [0.25, 0.3) is 0 Å². The summed E-state index contributed by atoms with van der Waals surface area (Å²) >= 11 is 0. The van der Waals surface area contributed by atoms with Gasteiger partial charge in [-0.1, -0.05) is 13.8 Å². The van der Waals surface area contributed by atoms with Gasteiger partial charge < -0.3 is 0 Å². The number of ketones is 1. The van der Waals surface area contributed by atoms with Crippen molar-refractivity contribution in [1.82, 2.24) is 0 Å². The molecule has 0 spiro atoms. The molecule has 0 saturated carbocycles. The van der Waals surface area contributed by atoms with E-state index >= 15 is 0 Å². The Balaban J connectivity index is 3.66. The molecule has 0 aromatic heterocycles. The van der Waals surface area contributed by atoms with Crippen LogP contribution in [-0.4, -0.2) is 30.7 Å². The molecule has 0 aliphatic carbocycles. The number of carbonyl (C=O) groups excluding carboxylic acids is 2. The number of hydrogen-bond donors (Lipinski definition) is 0. The summed E-state index contributed by atoms with van der Waals surface area (Å²) in [6.45, 7) is 3.80. The molecule has 1 amide bonds. The Labute approximate surface area is 77.8 Å². The topological polar surface area (TPSA) is 58.9 Å². The van der Waals surface area contributed by atoms with Crippen molar-refractivity contribution >= 4 is 24.1 Å². The fourth-order valence-corrected chi connectivity index (χ4v) is 0.527. The molecular weight excluding hydrogens is 168 g/mol. The maximum absolute atomic E-state index is 10.7. The van der Waals surface area contributed by atoms with Crippen molar-refractivity contribution < 1.29 is 9.59 Å². The number of aliphatic imine (C=N–C) groups is 2. The van der Waals surface area contributed by atoms with Gasteiger partial charge in [0.1, 0.15) is 0 Å². The van der Waals surface area contributed by atoms with Crippen molar-refractivity contribution in [3.05, 3.63) is 0 Å². The minimum absolute atomic E-state index is 0.0183. The van der Waals surface area contributed by atoms with E-state index in [0.29, 0.717) is 12.8 Å². The van der Waals surface area contributed by atoms with Crippen molar-refractivity contribution in [2.75, 3.05) is 6.54 Å². The smallest absolute Gasteiger partial charge is 0.245 e. The molecule has 0 bridgehead atoms. The highest BCUT2D eigenvalue weighted by Crippen LogP contribution is 1.80. The summed E-state index contributed by atoms with van der Waals surface area (Å²) in [4.78, 5) is 28.7. The third-order valence-electron chi connectivity index (χ3n) is 1.31. The van der Waals surface area contributed by atoms with Crippen molar-refractivity contribution in [1.29, 1.82) is 0 Å². The first-order valence-electron chi connectivity index (χ1n) is 4.28. The van der Waals surface area contributed by atoms with Gasteiger partial charge in [0.2, 0.25) is 5.91 Å². The molecule has 0 atom stereocenters. The summed E-state index contributed by atoms with van der Waals surface area (Å²) in [5, 5.41) is 0. The van der Waals surface area contributed by atoms with Gasteiger partial charge >= 0.3 is 0 Å². The van der Waals surface area contributed by atoms with Crippen LogP contribution in [0.1, 0.15) is 26.7 Å². The zero-order valence-electron chi connectivity index (χ0n) is 7.99. The van der Waals surface area contributed by atoms with E-state index in [4.69, 9.17) is 0 Å². The van der Waals surface area contributed by atoms with Crippen LogP contribution in [0.5, 0.6) is 0 Å². The molecule has 0 N–H and O–H groups in total. The van der Waals surface area contributed by atoms with Crippen molar-refractivity contribution in [2.24, 2.45) is 9.98 Å². The van der Waals surface area contributed by atoms with Crippen LogP contribution in [0.3, 0.4) is 0 Å². The van der Waals surface area contributed by atoms with E-state index in [9.17, 15) is 9.59 Å². The molecule has 0 aromatic carbocycles. The molecule has 4 nitrogen and oxygen atoms in total. The fraction of sp³-hybridized carbons (Fsp3) is 0.556. The Morgan fingerprint density at radius 1 is 1.23 bits per heavy atom. The normalized spacial score (nSPS) is 11.2. The van der Waals surface area contributed by atoms with Gasteiger partial charge in [0, 0.05) is 19.1 Å². The summed E-state index contributed by atoms with van der Waals surface area (Å²) in [7, 11) is 0. The first-order chi connectivity index (χ1) is 6.20. The second-order valence-electron chi connectivity index (χ2n) is 2.37. The maximum atomic E-state index is 10.7. The highest BCUT2D eigenvalue weighted by atomic mass is 16.1. The maximum Gasteiger partial charge on any atom is 0.245 e. The fourth-order valence-electron chi connectivity index (χ4n) is 0.527. The van der Waals surface area contributed by atoms with Gasteiger partial charge in [0.05, 0.1) is 12.8 Å². The third-order valence-corrected chi connectivity index (χ3v) is 1.31. The summed E-state index contributed by atoms with van der Waals surface area (Å²) in [5.74, 6) is -0.188.